The highest BCUT2D eigenvalue weighted by atomic mass is 19.1. The molecule has 0 saturated heterocycles. The van der Waals surface area contributed by atoms with E-state index in [9.17, 15) is 9.18 Å². The van der Waals surface area contributed by atoms with Gasteiger partial charge in [0.1, 0.15) is 5.82 Å². The van der Waals surface area contributed by atoms with Crippen LogP contribution in [0, 0.1) is 26.6 Å². The lowest BCUT2D eigenvalue weighted by Crippen LogP contribution is -2.02. The number of rotatable bonds is 2. The lowest BCUT2D eigenvalue weighted by atomic mass is 10.2. The molecule has 88 valence electrons. The Labute approximate surface area is 99.7 Å². The largest absolute Gasteiger partial charge is 0.315 e. The van der Waals surface area contributed by atoms with Crippen LogP contribution in [0.15, 0.2) is 24.3 Å². The molecule has 2 rings (SSSR count). The Hall–Kier alpha value is -1.90. The van der Waals surface area contributed by atoms with E-state index < -0.39 is 0 Å². The van der Waals surface area contributed by atoms with Crippen LogP contribution >= 0.6 is 0 Å². The van der Waals surface area contributed by atoms with Crippen LogP contribution in [0.3, 0.4) is 0 Å². The smallest absolute Gasteiger partial charge is 0.151 e. The van der Waals surface area contributed by atoms with Gasteiger partial charge in [-0.2, -0.15) is 0 Å². The molecule has 1 heterocycles. The lowest BCUT2D eigenvalue weighted by Gasteiger charge is -2.11. The third-order valence-electron chi connectivity index (χ3n) is 2.94. The number of nitrogens with zero attached hydrogens (tertiary/aromatic N) is 1. The zero-order chi connectivity index (χ0) is 12.6. The zero-order valence-electron chi connectivity index (χ0n) is 10.1. The molecule has 17 heavy (non-hydrogen) atoms. The first-order valence-electron chi connectivity index (χ1n) is 5.45. The Bertz CT molecular complexity index is 584. The SMILES string of the molecule is Cc1ccc(-n2c(C)cc(C=O)c2C)c(F)c1. The molecule has 0 spiro atoms. The lowest BCUT2D eigenvalue weighted by molar-refractivity contribution is 0.112. The summed E-state index contributed by atoms with van der Waals surface area (Å²) in [6.07, 6.45) is 0.797. The molecular weight excluding hydrogens is 217 g/mol. The molecule has 0 saturated carbocycles. The molecule has 0 N–H and O–H groups in total. The Morgan fingerprint density at radius 2 is 1.88 bits per heavy atom. The number of hydrogen-bond donors (Lipinski definition) is 0. The summed E-state index contributed by atoms with van der Waals surface area (Å²) in [7, 11) is 0. The number of aldehydes is 1. The summed E-state index contributed by atoms with van der Waals surface area (Å²) in [6, 6.07) is 6.85. The van der Waals surface area contributed by atoms with Gasteiger partial charge in [0.25, 0.3) is 0 Å². The fraction of sp³-hybridized carbons (Fsp3) is 0.214. The van der Waals surface area contributed by atoms with Crippen molar-refractivity contribution >= 4 is 6.29 Å². The van der Waals surface area contributed by atoms with Crippen molar-refractivity contribution in [3.63, 3.8) is 0 Å². The summed E-state index contributed by atoms with van der Waals surface area (Å²) in [5.74, 6) is -0.274. The summed E-state index contributed by atoms with van der Waals surface area (Å²) in [4.78, 5) is 10.9. The van der Waals surface area contributed by atoms with Crippen molar-refractivity contribution in [3.05, 3.63) is 52.6 Å². The number of benzene rings is 1. The molecule has 0 fully saturated rings. The molecule has 0 aliphatic heterocycles. The highest BCUT2D eigenvalue weighted by Crippen LogP contribution is 2.22. The minimum atomic E-state index is -0.274. The van der Waals surface area contributed by atoms with Crippen LogP contribution in [0.5, 0.6) is 0 Å². The fourth-order valence-electron chi connectivity index (χ4n) is 2.07. The second-order valence-corrected chi connectivity index (χ2v) is 4.23. The first kappa shape index (κ1) is 11.6. The molecule has 0 amide bonds. The van der Waals surface area contributed by atoms with Crippen molar-refractivity contribution in [2.75, 3.05) is 0 Å². The standard InChI is InChI=1S/C14H14FNO/c1-9-4-5-14(13(15)6-9)16-10(2)7-12(8-17)11(16)3/h4-8H,1-3H3. The van der Waals surface area contributed by atoms with E-state index in [4.69, 9.17) is 0 Å². The number of aromatic nitrogens is 1. The average Bonchev–Trinajstić information content (AvgIpc) is 2.55. The second-order valence-electron chi connectivity index (χ2n) is 4.23. The van der Waals surface area contributed by atoms with Crippen molar-refractivity contribution in [1.82, 2.24) is 4.57 Å². The maximum Gasteiger partial charge on any atom is 0.151 e. The summed E-state index contributed by atoms with van der Waals surface area (Å²) >= 11 is 0. The maximum absolute atomic E-state index is 13.9. The predicted octanol–water partition coefficient (Wildman–Crippen LogP) is 3.35. The quantitative estimate of drug-likeness (QED) is 0.726. The van der Waals surface area contributed by atoms with Crippen molar-refractivity contribution in [2.45, 2.75) is 20.8 Å². The number of carbonyl (C=O) groups excluding carboxylic acids is 1. The Kier molecular flexibility index (Phi) is 2.84. The van der Waals surface area contributed by atoms with Gasteiger partial charge in [-0.25, -0.2) is 4.39 Å². The van der Waals surface area contributed by atoms with E-state index in [-0.39, 0.29) is 5.82 Å². The molecule has 0 bridgehead atoms. The van der Waals surface area contributed by atoms with E-state index >= 15 is 0 Å². The third kappa shape index (κ3) is 1.88. The van der Waals surface area contributed by atoms with Gasteiger partial charge in [0.05, 0.1) is 5.69 Å². The highest BCUT2D eigenvalue weighted by Gasteiger charge is 2.13. The average molecular weight is 231 g/mol. The highest BCUT2D eigenvalue weighted by molar-refractivity contribution is 5.77. The molecule has 3 heteroatoms. The third-order valence-corrected chi connectivity index (χ3v) is 2.94. The van der Waals surface area contributed by atoms with Crippen LogP contribution in [-0.2, 0) is 0 Å². The predicted molar refractivity (Wildman–Crippen MR) is 65.3 cm³/mol. The molecule has 1 aromatic heterocycles. The van der Waals surface area contributed by atoms with Gasteiger partial charge < -0.3 is 4.57 Å². The van der Waals surface area contributed by atoms with E-state index in [2.05, 4.69) is 0 Å². The van der Waals surface area contributed by atoms with Gasteiger partial charge in [-0.3, -0.25) is 4.79 Å². The van der Waals surface area contributed by atoms with E-state index in [1.807, 2.05) is 26.8 Å². The fourth-order valence-corrected chi connectivity index (χ4v) is 2.07. The van der Waals surface area contributed by atoms with Crippen LogP contribution in [-0.4, -0.2) is 10.9 Å². The van der Waals surface area contributed by atoms with Crippen molar-refractivity contribution in [3.8, 4) is 5.69 Å². The minimum Gasteiger partial charge on any atom is -0.315 e. The van der Waals surface area contributed by atoms with E-state index in [0.29, 0.717) is 11.3 Å². The Morgan fingerprint density at radius 1 is 1.18 bits per heavy atom. The van der Waals surface area contributed by atoms with Crippen LogP contribution in [0.25, 0.3) is 5.69 Å². The zero-order valence-corrected chi connectivity index (χ0v) is 10.1. The van der Waals surface area contributed by atoms with Gasteiger partial charge in [-0.15, -0.1) is 0 Å². The van der Waals surface area contributed by atoms with Gasteiger partial charge in [0.15, 0.2) is 6.29 Å². The van der Waals surface area contributed by atoms with Crippen LogP contribution in [0.2, 0.25) is 0 Å². The van der Waals surface area contributed by atoms with Crippen LogP contribution < -0.4 is 0 Å². The van der Waals surface area contributed by atoms with E-state index in [1.54, 1.807) is 16.7 Å². The summed E-state index contributed by atoms with van der Waals surface area (Å²) in [6.45, 7) is 5.52. The van der Waals surface area contributed by atoms with Gasteiger partial charge in [0, 0.05) is 17.0 Å². The van der Waals surface area contributed by atoms with Gasteiger partial charge >= 0.3 is 0 Å². The van der Waals surface area contributed by atoms with Crippen molar-refractivity contribution in [1.29, 1.82) is 0 Å². The normalized spacial score (nSPS) is 10.6. The Morgan fingerprint density at radius 3 is 2.41 bits per heavy atom. The van der Waals surface area contributed by atoms with Crippen molar-refractivity contribution in [2.24, 2.45) is 0 Å². The molecule has 1 aromatic carbocycles. The van der Waals surface area contributed by atoms with Crippen LogP contribution in [0.1, 0.15) is 27.3 Å². The number of aryl methyl sites for hydroxylation is 2. The molecule has 2 nitrogen and oxygen atoms in total. The molecular formula is C14H14FNO. The number of halogens is 1. The van der Waals surface area contributed by atoms with Crippen molar-refractivity contribution < 1.29 is 9.18 Å². The van der Waals surface area contributed by atoms with E-state index in [1.165, 1.54) is 6.07 Å². The topological polar surface area (TPSA) is 22.0 Å². The van der Waals surface area contributed by atoms with E-state index in [0.717, 1.165) is 23.2 Å². The maximum atomic E-state index is 13.9. The molecule has 0 atom stereocenters. The molecule has 0 radical (unpaired) electrons. The summed E-state index contributed by atoms with van der Waals surface area (Å²) in [5.41, 5.74) is 3.58. The van der Waals surface area contributed by atoms with Crippen LogP contribution in [0.4, 0.5) is 4.39 Å². The Balaban J connectivity index is 2.68. The second kappa shape index (κ2) is 4.17. The number of carbonyl (C=O) groups is 1. The number of hydrogen-bond acceptors (Lipinski definition) is 1. The molecule has 0 aliphatic carbocycles. The summed E-state index contributed by atoms with van der Waals surface area (Å²) < 4.78 is 15.7. The van der Waals surface area contributed by atoms with Gasteiger partial charge in [-0.1, -0.05) is 6.07 Å². The van der Waals surface area contributed by atoms with Gasteiger partial charge in [-0.05, 0) is 44.5 Å². The monoisotopic (exact) mass is 231 g/mol. The molecule has 0 aliphatic rings. The first-order valence-corrected chi connectivity index (χ1v) is 5.45. The minimum absolute atomic E-state index is 0.274. The summed E-state index contributed by atoms with van der Waals surface area (Å²) in [5, 5.41) is 0. The first-order chi connectivity index (χ1) is 8.04. The van der Waals surface area contributed by atoms with Gasteiger partial charge in [0.2, 0.25) is 0 Å². The molecule has 0 unspecified atom stereocenters. The molecule has 2 aromatic rings.